The molecule has 1 fully saturated rings. The van der Waals surface area contributed by atoms with E-state index in [9.17, 15) is 9.59 Å². The van der Waals surface area contributed by atoms with Gasteiger partial charge in [-0.25, -0.2) is 4.68 Å². The molecule has 0 bridgehead atoms. The van der Waals surface area contributed by atoms with Gasteiger partial charge in [0.2, 0.25) is 0 Å². The summed E-state index contributed by atoms with van der Waals surface area (Å²) in [6, 6.07) is 11.2. The Bertz CT molecular complexity index is 1040. The highest BCUT2D eigenvalue weighted by Crippen LogP contribution is 2.30. The number of hydrogen-bond acceptors (Lipinski definition) is 4. The van der Waals surface area contributed by atoms with Gasteiger partial charge in [0.1, 0.15) is 0 Å². The summed E-state index contributed by atoms with van der Waals surface area (Å²) in [7, 11) is 0. The van der Waals surface area contributed by atoms with Gasteiger partial charge in [-0.2, -0.15) is 5.10 Å². The Morgan fingerprint density at radius 3 is 2.44 bits per heavy atom. The zero-order valence-electron chi connectivity index (χ0n) is 15.5. The normalized spacial score (nSPS) is 13.9. The molecule has 0 spiro atoms. The minimum atomic E-state index is -0.163. The van der Waals surface area contributed by atoms with E-state index in [-0.39, 0.29) is 23.6 Å². The molecule has 3 aromatic rings. The van der Waals surface area contributed by atoms with Crippen molar-refractivity contribution in [3.63, 3.8) is 0 Å². The summed E-state index contributed by atoms with van der Waals surface area (Å²) < 4.78 is 1.41. The Hall–Kier alpha value is -3.02. The second kappa shape index (κ2) is 6.95. The number of rotatable bonds is 5. The van der Waals surface area contributed by atoms with Gasteiger partial charge in [-0.3, -0.25) is 14.6 Å². The molecule has 1 aromatic carbocycles. The molecule has 2 aromatic heterocycles. The van der Waals surface area contributed by atoms with E-state index in [0.29, 0.717) is 23.0 Å². The summed E-state index contributed by atoms with van der Waals surface area (Å²) in [6.07, 6.45) is 5.46. The number of aromatic nitrogens is 3. The smallest absolute Gasteiger partial charge is 0.275 e. The standard InChI is InChI=1S/C21H22N4O2/c1-14(2)25-20(26)18-6-4-3-5-17(18)19(23-25)21(27)24(16-7-8-16)13-15-9-11-22-12-10-15/h3-6,9-12,14,16H,7-8,13H2,1-2H3. The lowest BCUT2D eigenvalue weighted by molar-refractivity contribution is 0.0723. The molecule has 4 rings (SSSR count). The highest BCUT2D eigenvalue weighted by molar-refractivity contribution is 6.05. The quantitative estimate of drug-likeness (QED) is 0.699. The van der Waals surface area contributed by atoms with Crippen LogP contribution in [0.1, 0.15) is 48.8 Å². The van der Waals surface area contributed by atoms with Crippen LogP contribution in [0.3, 0.4) is 0 Å². The molecule has 0 saturated heterocycles. The van der Waals surface area contributed by atoms with Crippen LogP contribution in [0.15, 0.2) is 53.6 Å². The van der Waals surface area contributed by atoms with Crippen molar-refractivity contribution in [2.24, 2.45) is 0 Å². The van der Waals surface area contributed by atoms with Crippen LogP contribution in [-0.4, -0.2) is 31.6 Å². The minimum absolute atomic E-state index is 0.122. The molecule has 1 aliphatic rings. The van der Waals surface area contributed by atoms with Gasteiger partial charge in [-0.05, 0) is 50.5 Å². The van der Waals surface area contributed by atoms with E-state index < -0.39 is 0 Å². The predicted molar refractivity (Wildman–Crippen MR) is 104 cm³/mol. The van der Waals surface area contributed by atoms with Crippen LogP contribution in [0.2, 0.25) is 0 Å². The highest BCUT2D eigenvalue weighted by Gasteiger charge is 2.34. The number of carbonyl (C=O) groups excluding carboxylic acids is 1. The minimum Gasteiger partial charge on any atom is -0.330 e. The van der Waals surface area contributed by atoms with Gasteiger partial charge in [0, 0.05) is 30.4 Å². The third-order valence-electron chi connectivity index (χ3n) is 4.87. The second-order valence-electron chi connectivity index (χ2n) is 7.26. The first kappa shape index (κ1) is 17.4. The SMILES string of the molecule is CC(C)n1nc(C(=O)N(Cc2ccncc2)C2CC2)c2ccccc2c1=O. The topological polar surface area (TPSA) is 68.1 Å². The van der Waals surface area contributed by atoms with Crippen LogP contribution in [-0.2, 0) is 6.54 Å². The number of benzene rings is 1. The molecule has 6 nitrogen and oxygen atoms in total. The summed E-state index contributed by atoms with van der Waals surface area (Å²) >= 11 is 0. The summed E-state index contributed by atoms with van der Waals surface area (Å²) in [5, 5.41) is 5.62. The largest absolute Gasteiger partial charge is 0.330 e. The molecule has 1 aliphatic carbocycles. The Kier molecular flexibility index (Phi) is 4.48. The van der Waals surface area contributed by atoms with Crippen molar-refractivity contribution in [2.45, 2.75) is 45.3 Å². The Labute approximate surface area is 157 Å². The van der Waals surface area contributed by atoms with Crippen LogP contribution < -0.4 is 5.56 Å². The average molecular weight is 362 g/mol. The van der Waals surface area contributed by atoms with Gasteiger partial charge in [-0.15, -0.1) is 0 Å². The number of hydrogen-bond donors (Lipinski definition) is 0. The van der Waals surface area contributed by atoms with Gasteiger partial charge in [0.15, 0.2) is 5.69 Å². The summed E-state index contributed by atoms with van der Waals surface area (Å²) in [4.78, 5) is 32.1. The van der Waals surface area contributed by atoms with Crippen LogP contribution in [0, 0.1) is 0 Å². The van der Waals surface area contributed by atoms with Crippen LogP contribution in [0.5, 0.6) is 0 Å². The van der Waals surface area contributed by atoms with Gasteiger partial charge >= 0.3 is 0 Å². The van der Waals surface area contributed by atoms with Crippen molar-refractivity contribution in [1.82, 2.24) is 19.7 Å². The van der Waals surface area contributed by atoms with E-state index in [1.165, 1.54) is 4.68 Å². The predicted octanol–water partition coefficient (Wildman–Crippen LogP) is 3.18. The maximum absolute atomic E-state index is 13.5. The molecular weight excluding hydrogens is 340 g/mol. The van der Waals surface area contributed by atoms with E-state index in [4.69, 9.17) is 0 Å². The molecular formula is C21H22N4O2. The number of fused-ring (bicyclic) bond motifs is 1. The Morgan fingerprint density at radius 1 is 1.15 bits per heavy atom. The van der Waals surface area contributed by atoms with Gasteiger partial charge in [-0.1, -0.05) is 18.2 Å². The number of nitrogens with zero attached hydrogens (tertiary/aromatic N) is 4. The maximum Gasteiger partial charge on any atom is 0.275 e. The summed E-state index contributed by atoms with van der Waals surface area (Å²) in [6.45, 7) is 4.31. The molecule has 2 heterocycles. The van der Waals surface area contributed by atoms with E-state index in [0.717, 1.165) is 18.4 Å². The zero-order valence-corrected chi connectivity index (χ0v) is 15.5. The fraction of sp³-hybridized carbons (Fsp3) is 0.333. The first-order valence-corrected chi connectivity index (χ1v) is 9.27. The lowest BCUT2D eigenvalue weighted by Gasteiger charge is -2.23. The lowest BCUT2D eigenvalue weighted by Crippen LogP contribution is -2.36. The van der Waals surface area contributed by atoms with Gasteiger partial charge < -0.3 is 4.90 Å². The molecule has 0 unspecified atom stereocenters. The molecule has 0 aliphatic heterocycles. The molecule has 1 saturated carbocycles. The fourth-order valence-electron chi connectivity index (χ4n) is 3.29. The fourth-order valence-corrected chi connectivity index (χ4v) is 3.29. The van der Waals surface area contributed by atoms with E-state index in [2.05, 4.69) is 10.1 Å². The molecule has 0 N–H and O–H groups in total. The Morgan fingerprint density at radius 2 is 1.81 bits per heavy atom. The van der Waals surface area contributed by atoms with Crippen LogP contribution in [0.4, 0.5) is 0 Å². The monoisotopic (exact) mass is 362 g/mol. The molecule has 27 heavy (non-hydrogen) atoms. The zero-order chi connectivity index (χ0) is 19.0. The van der Waals surface area contributed by atoms with Crippen molar-refractivity contribution in [1.29, 1.82) is 0 Å². The maximum atomic E-state index is 13.5. The van der Waals surface area contributed by atoms with Crippen LogP contribution >= 0.6 is 0 Å². The lowest BCUT2D eigenvalue weighted by atomic mass is 10.1. The third kappa shape index (κ3) is 3.35. The average Bonchev–Trinajstić information content (AvgIpc) is 3.52. The molecule has 6 heteroatoms. The van der Waals surface area contributed by atoms with Gasteiger partial charge in [0.25, 0.3) is 11.5 Å². The highest BCUT2D eigenvalue weighted by atomic mass is 16.2. The molecule has 0 atom stereocenters. The third-order valence-corrected chi connectivity index (χ3v) is 4.87. The van der Waals surface area contributed by atoms with Crippen molar-refractivity contribution in [2.75, 3.05) is 0 Å². The number of amides is 1. The second-order valence-corrected chi connectivity index (χ2v) is 7.26. The molecule has 0 radical (unpaired) electrons. The van der Waals surface area contributed by atoms with E-state index in [1.54, 1.807) is 24.5 Å². The summed E-state index contributed by atoms with van der Waals surface area (Å²) in [5.74, 6) is -0.125. The number of pyridine rings is 1. The summed E-state index contributed by atoms with van der Waals surface area (Å²) in [5.41, 5.74) is 1.22. The van der Waals surface area contributed by atoms with Crippen molar-refractivity contribution < 1.29 is 4.79 Å². The first-order valence-electron chi connectivity index (χ1n) is 9.27. The van der Waals surface area contributed by atoms with Gasteiger partial charge in [0.05, 0.1) is 11.4 Å². The Balaban J connectivity index is 1.81. The number of carbonyl (C=O) groups is 1. The van der Waals surface area contributed by atoms with Crippen molar-refractivity contribution in [3.8, 4) is 0 Å². The van der Waals surface area contributed by atoms with E-state index in [1.807, 2.05) is 43.0 Å². The molecule has 1 amide bonds. The van der Waals surface area contributed by atoms with Crippen molar-refractivity contribution >= 4 is 16.7 Å². The van der Waals surface area contributed by atoms with Crippen molar-refractivity contribution in [3.05, 3.63) is 70.4 Å². The van der Waals surface area contributed by atoms with E-state index >= 15 is 0 Å². The molecule has 138 valence electrons. The van der Waals surface area contributed by atoms with Crippen LogP contribution in [0.25, 0.3) is 10.8 Å². The first-order chi connectivity index (χ1) is 13.1.